The largest absolute Gasteiger partial charge is 0.487 e. The summed E-state index contributed by atoms with van der Waals surface area (Å²) in [4.78, 5) is 4.29. The van der Waals surface area contributed by atoms with Crippen LogP contribution in [0.15, 0.2) is 61.1 Å². The number of ether oxygens (including phenoxy) is 1. The normalized spacial score (nSPS) is 12.7. The third-order valence-electron chi connectivity index (χ3n) is 4.41. The topological polar surface area (TPSA) is 52.0 Å². The molecule has 0 bridgehead atoms. The Hall–Kier alpha value is -2.66. The van der Waals surface area contributed by atoms with Crippen LogP contribution >= 0.6 is 0 Å². The van der Waals surface area contributed by atoms with Crippen LogP contribution in [-0.2, 0) is 18.7 Å². The quantitative estimate of drug-likeness (QED) is 0.672. The maximum Gasteiger partial charge on any atom is 0.130 e. The van der Waals surface area contributed by atoms with E-state index in [9.17, 15) is 0 Å². The molecule has 3 aromatic rings. The first-order valence-electron chi connectivity index (χ1n) is 9.32. The Morgan fingerprint density at radius 2 is 2.00 bits per heavy atom. The molecule has 0 fully saturated rings. The number of hydrogen-bond acceptors (Lipinski definition) is 4. The molecule has 0 saturated carbocycles. The highest BCUT2D eigenvalue weighted by Crippen LogP contribution is 2.20. The van der Waals surface area contributed by atoms with E-state index in [0.29, 0.717) is 6.61 Å². The summed E-state index contributed by atoms with van der Waals surface area (Å²) in [6.07, 6.45) is 5.81. The zero-order chi connectivity index (χ0) is 19.3. The lowest BCUT2D eigenvalue weighted by Crippen LogP contribution is -2.22. The molecular weight excluding hydrogens is 336 g/mol. The molecule has 0 radical (unpaired) electrons. The third-order valence-corrected chi connectivity index (χ3v) is 4.41. The highest BCUT2D eigenvalue weighted by atomic mass is 16.5. The summed E-state index contributed by atoms with van der Waals surface area (Å²) in [5.41, 5.74) is 3.30. The van der Waals surface area contributed by atoms with E-state index in [-0.39, 0.29) is 11.6 Å². The fourth-order valence-corrected chi connectivity index (χ4v) is 2.72. The molecule has 5 nitrogen and oxygen atoms in total. The summed E-state index contributed by atoms with van der Waals surface area (Å²) >= 11 is 0. The van der Waals surface area contributed by atoms with E-state index in [2.05, 4.69) is 61.4 Å². The summed E-state index contributed by atoms with van der Waals surface area (Å²) in [5.74, 6) is 0.854. The number of benzene rings is 1. The van der Waals surface area contributed by atoms with Crippen LogP contribution in [0.3, 0.4) is 0 Å². The summed E-state index contributed by atoms with van der Waals surface area (Å²) in [6, 6.07) is 14.3. The Morgan fingerprint density at radius 3 is 2.70 bits per heavy atom. The second kappa shape index (κ2) is 8.35. The maximum absolute atomic E-state index is 5.88. The molecule has 0 amide bonds. The fraction of sp³-hybridized carbons (Fsp3) is 0.364. The van der Waals surface area contributed by atoms with Gasteiger partial charge in [0.25, 0.3) is 0 Å². The van der Waals surface area contributed by atoms with Gasteiger partial charge in [0.1, 0.15) is 12.4 Å². The van der Waals surface area contributed by atoms with Crippen LogP contribution in [0.4, 0.5) is 0 Å². The molecule has 0 saturated heterocycles. The van der Waals surface area contributed by atoms with Gasteiger partial charge < -0.3 is 10.1 Å². The van der Waals surface area contributed by atoms with Crippen LogP contribution in [0.5, 0.6) is 5.75 Å². The standard InChI is InChI=1S/C22H28N4O/c1-17(24-13-18-14-25-26(15-18)22(2,3)4)19-8-7-10-21(12-19)27-16-20-9-5-6-11-23-20/h5-12,14-15,17,24H,13,16H2,1-4H3. The molecule has 3 rings (SSSR count). The van der Waals surface area contributed by atoms with Crippen molar-refractivity contribution in [3.8, 4) is 5.75 Å². The van der Waals surface area contributed by atoms with Crippen molar-refractivity contribution in [1.82, 2.24) is 20.1 Å². The summed E-state index contributed by atoms with van der Waals surface area (Å²) < 4.78 is 7.88. The molecule has 0 aliphatic carbocycles. The first-order chi connectivity index (χ1) is 12.9. The summed E-state index contributed by atoms with van der Waals surface area (Å²) in [6.45, 7) is 9.85. The van der Waals surface area contributed by atoms with Crippen molar-refractivity contribution in [2.45, 2.75) is 52.4 Å². The van der Waals surface area contributed by atoms with E-state index >= 15 is 0 Å². The van der Waals surface area contributed by atoms with Gasteiger partial charge in [-0.2, -0.15) is 5.10 Å². The molecule has 142 valence electrons. The molecular formula is C22H28N4O. The second-order valence-electron chi connectivity index (χ2n) is 7.75. The van der Waals surface area contributed by atoms with Gasteiger partial charge in [0.15, 0.2) is 0 Å². The van der Waals surface area contributed by atoms with Gasteiger partial charge in [0.05, 0.1) is 17.4 Å². The van der Waals surface area contributed by atoms with Crippen molar-refractivity contribution in [3.05, 3.63) is 77.9 Å². The van der Waals surface area contributed by atoms with Crippen molar-refractivity contribution < 1.29 is 4.74 Å². The number of pyridine rings is 1. The van der Waals surface area contributed by atoms with Crippen LogP contribution in [0, 0.1) is 0 Å². The molecule has 1 N–H and O–H groups in total. The molecule has 2 heterocycles. The smallest absolute Gasteiger partial charge is 0.130 e. The lowest BCUT2D eigenvalue weighted by molar-refractivity contribution is 0.300. The van der Waals surface area contributed by atoms with Gasteiger partial charge in [-0.1, -0.05) is 18.2 Å². The van der Waals surface area contributed by atoms with Gasteiger partial charge in [-0.15, -0.1) is 0 Å². The van der Waals surface area contributed by atoms with Gasteiger partial charge >= 0.3 is 0 Å². The van der Waals surface area contributed by atoms with Gasteiger partial charge in [0, 0.05) is 30.5 Å². The molecule has 1 atom stereocenters. The van der Waals surface area contributed by atoms with Crippen molar-refractivity contribution in [1.29, 1.82) is 0 Å². The lowest BCUT2D eigenvalue weighted by Gasteiger charge is -2.19. The molecule has 1 aromatic carbocycles. The molecule has 0 aliphatic rings. The number of hydrogen-bond donors (Lipinski definition) is 1. The first kappa shape index (κ1) is 19.1. The summed E-state index contributed by atoms with van der Waals surface area (Å²) in [5, 5.41) is 8.02. The van der Waals surface area contributed by atoms with E-state index in [0.717, 1.165) is 18.0 Å². The van der Waals surface area contributed by atoms with Crippen LogP contribution in [0.1, 0.15) is 50.6 Å². The highest BCUT2D eigenvalue weighted by molar-refractivity contribution is 5.30. The predicted octanol–water partition coefficient (Wildman–Crippen LogP) is 4.46. The first-order valence-corrected chi connectivity index (χ1v) is 9.32. The van der Waals surface area contributed by atoms with E-state index in [1.165, 1.54) is 11.1 Å². The molecule has 0 spiro atoms. The zero-order valence-corrected chi connectivity index (χ0v) is 16.5. The van der Waals surface area contributed by atoms with Crippen LogP contribution in [0.25, 0.3) is 0 Å². The van der Waals surface area contributed by atoms with Crippen molar-refractivity contribution >= 4 is 0 Å². The van der Waals surface area contributed by atoms with Gasteiger partial charge in [-0.3, -0.25) is 9.67 Å². The Labute approximate surface area is 161 Å². The molecule has 2 aromatic heterocycles. The number of aromatic nitrogens is 3. The van der Waals surface area contributed by atoms with Crippen LogP contribution in [0.2, 0.25) is 0 Å². The van der Waals surface area contributed by atoms with Gasteiger partial charge in [0.2, 0.25) is 0 Å². The van der Waals surface area contributed by atoms with Crippen molar-refractivity contribution in [3.63, 3.8) is 0 Å². The lowest BCUT2D eigenvalue weighted by atomic mass is 10.1. The Morgan fingerprint density at radius 1 is 1.15 bits per heavy atom. The number of nitrogens with zero attached hydrogens (tertiary/aromatic N) is 3. The van der Waals surface area contributed by atoms with E-state index in [1.807, 2.05) is 41.2 Å². The Balaban J connectivity index is 1.56. The second-order valence-corrected chi connectivity index (χ2v) is 7.75. The minimum Gasteiger partial charge on any atom is -0.487 e. The predicted molar refractivity (Wildman–Crippen MR) is 107 cm³/mol. The average molecular weight is 364 g/mol. The monoisotopic (exact) mass is 364 g/mol. The minimum atomic E-state index is 0.00312. The van der Waals surface area contributed by atoms with E-state index in [1.54, 1.807) is 6.20 Å². The average Bonchev–Trinajstić information content (AvgIpc) is 3.15. The third kappa shape index (κ3) is 5.41. The van der Waals surface area contributed by atoms with Crippen molar-refractivity contribution in [2.75, 3.05) is 0 Å². The van der Waals surface area contributed by atoms with Gasteiger partial charge in [-0.25, -0.2) is 0 Å². The molecule has 0 aliphatic heterocycles. The zero-order valence-electron chi connectivity index (χ0n) is 16.5. The minimum absolute atomic E-state index is 0.00312. The summed E-state index contributed by atoms with van der Waals surface area (Å²) in [7, 11) is 0. The number of rotatable bonds is 7. The maximum atomic E-state index is 5.88. The molecule has 27 heavy (non-hydrogen) atoms. The van der Waals surface area contributed by atoms with Crippen LogP contribution in [-0.4, -0.2) is 14.8 Å². The highest BCUT2D eigenvalue weighted by Gasteiger charge is 2.14. The van der Waals surface area contributed by atoms with E-state index < -0.39 is 0 Å². The van der Waals surface area contributed by atoms with Crippen LogP contribution < -0.4 is 10.1 Å². The van der Waals surface area contributed by atoms with E-state index in [4.69, 9.17) is 4.74 Å². The molecule has 5 heteroatoms. The SMILES string of the molecule is CC(NCc1cnn(C(C)(C)C)c1)c1cccc(OCc2ccccn2)c1. The fourth-order valence-electron chi connectivity index (χ4n) is 2.72. The Bertz CT molecular complexity index is 852. The van der Waals surface area contributed by atoms with Gasteiger partial charge in [-0.05, 0) is 57.5 Å². The van der Waals surface area contributed by atoms with Crippen molar-refractivity contribution in [2.24, 2.45) is 0 Å². The number of nitrogens with one attached hydrogen (secondary N) is 1. The molecule has 1 unspecified atom stereocenters. The Kier molecular flexibility index (Phi) is 5.91.